The largest absolute Gasteiger partial charge is 0.454 e. The lowest BCUT2D eigenvalue weighted by Crippen LogP contribution is -2.21. The number of hydrogen-bond donors (Lipinski definition) is 0. The molecule has 0 saturated heterocycles. The van der Waals surface area contributed by atoms with Crippen molar-refractivity contribution in [1.29, 1.82) is 0 Å². The second-order valence-electron chi connectivity index (χ2n) is 4.07. The average molecular weight is 292 g/mol. The Morgan fingerprint density at radius 3 is 2.29 bits per heavy atom. The summed E-state index contributed by atoms with van der Waals surface area (Å²) in [5, 5.41) is 0. The third-order valence-electron chi connectivity index (χ3n) is 2.58. The van der Waals surface area contributed by atoms with Gasteiger partial charge in [-0.1, -0.05) is 24.3 Å². The quantitative estimate of drug-likeness (QED) is 0.802. The molecule has 0 fully saturated rings. The SMILES string of the molecule is O=C(C=CN(c1ccccc1)c1ccccn1)C(F)(F)F. The molecule has 0 spiro atoms. The fourth-order valence-electron chi connectivity index (χ4n) is 1.62. The van der Waals surface area contributed by atoms with Gasteiger partial charge >= 0.3 is 6.18 Å². The Labute approximate surface area is 119 Å². The Hall–Kier alpha value is -2.63. The number of benzene rings is 1. The first kappa shape index (κ1) is 14.8. The van der Waals surface area contributed by atoms with E-state index in [-0.39, 0.29) is 0 Å². The van der Waals surface area contributed by atoms with Crippen LogP contribution in [0.3, 0.4) is 0 Å². The number of anilines is 2. The predicted octanol–water partition coefficient (Wildman–Crippen LogP) is 3.86. The van der Waals surface area contributed by atoms with Gasteiger partial charge in [0, 0.05) is 24.2 Å². The number of nitrogens with zero attached hydrogens (tertiary/aromatic N) is 2. The molecule has 2 aromatic rings. The molecular formula is C15H11F3N2O. The van der Waals surface area contributed by atoms with Crippen LogP contribution in [0.15, 0.2) is 67.0 Å². The van der Waals surface area contributed by atoms with E-state index in [1.54, 1.807) is 48.5 Å². The Balaban J connectivity index is 2.34. The van der Waals surface area contributed by atoms with Gasteiger partial charge in [-0.25, -0.2) is 4.98 Å². The number of pyridine rings is 1. The molecule has 0 amide bonds. The van der Waals surface area contributed by atoms with E-state index in [2.05, 4.69) is 4.98 Å². The van der Waals surface area contributed by atoms with Crippen LogP contribution in [0.1, 0.15) is 0 Å². The minimum absolute atomic E-state index is 0.412. The fraction of sp³-hybridized carbons (Fsp3) is 0.0667. The first-order chi connectivity index (χ1) is 9.98. The van der Waals surface area contributed by atoms with Crippen LogP contribution in [0, 0.1) is 0 Å². The van der Waals surface area contributed by atoms with E-state index in [9.17, 15) is 18.0 Å². The molecule has 1 heterocycles. The molecular weight excluding hydrogens is 281 g/mol. The summed E-state index contributed by atoms with van der Waals surface area (Å²) in [6, 6.07) is 13.7. The molecule has 0 aliphatic heterocycles. The minimum Gasteiger partial charge on any atom is -0.302 e. The van der Waals surface area contributed by atoms with Crippen molar-refractivity contribution in [2.75, 3.05) is 4.90 Å². The number of aromatic nitrogens is 1. The maximum Gasteiger partial charge on any atom is 0.454 e. The first-order valence-electron chi connectivity index (χ1n) is 6.03. The normalized spacial score (nSPS) is 11.6. The monoisotopic (exact) mass is 292 g/mol. The number of alkyl halides is 3. The molecule has 2 rings (SSSR count). The number of carbonyl (C=O) groups excluding carboxylic acids is 1. The number of carbonyl (C=O) groups is 1. The highest BCUT2D eigenvalue weighted by molar-refractivity contribution is 5.94. The zero-order valence-electron chi connectivity index (χ0n) is 10.8. The number of ketones is 1. The van der Waals surface area contributed by atoms with Crippen molar-refractivity contribution in [3.63, 3.8) is 0 Å². The zero-order chi connectivity index (χ0) is 15.3. The van der Waals surface area contributed by atoms with Crippen molar-refractivity contribution in [2.24, 2.45) is 0 Å². The molecule has 0 N–H and O–H groups in total. The van der Waals surface area contributed by atoms with E-state index < -0.39 is 12.0 Å². The topological polar surface area (TPSA) is 33.2 Å². The number of halogens is 3. The predicted molar refractivity (Wildman–Crippen MR) is 73.0 cm³/mol. The van der Waals surface area contributed by atoms with Gasteiger partial charge in [-0.2, -0.15) is 13.2 Å². The van der Waals surface area contributed by atoms with E-state index in [0.29, 0.717) is 17.6 Å². The van der Waals surface area contributed by atoms with E-state index >= 15 is 0 Å². The summed E-state index contributed by atoms with van der Waals surface area (Å²) in [5.41, 5.74) is 0.599. The molecule has 1 aromatic heterocycles. The van der Waals surface area contributed by atoms with Crippen molar-refractivity contribution in [3.8, 4) is 0 Å². The third-order valence-corrected chi connectivity index (χ3v) is 2.58. The standard InChI is InChI=1S/C15H11F3N2O/c16-15(17,18)13(21)9-11-20(12-6-2-1-3-7-12)14-8-4-5-10-19-14/h1-11H. The Kier molecular flexibility index (Phi) is 4.37. The van der Waals surface area contributed by atoms with Gasteiger partial charge in [0.15, 0.2) is 0 Å². The highest BCUT2D eigenvalue weighted by atomic mass is 19.4. The molecule has 0 aliphatic rings. The van der Waals surface area contributed by atoms with Crippen LogP contribution < -0.4 is 4.90 Å². The van der Waals surface area contributed by atoms with Gasteiger partial charge in [-0.05, 0) is 24.3 Å². The maximum absolute atomic E-state index is 12.3. The summed E-state index contributed by atoms with van der Waals surface area (Å²) in [5.74, 6) is -1.51. The van der Waals surface area contributed by atoms with Gasteiger partial charge in [-0.3, -0.25) is 4.79 Å². The second kappa shape index (κ2) is 6.21. The number of rotatable bonds is 4. The van der Waals surface area contributed by atoms with Crippen LogP contribution in [0.4, 0.5) is 24.7 Å². The molecule has 0 saturated carbocycles. The summed E-state index contributed by atoms with van der Waals surface area (Å²) in [6.07, 6.45) is -1.82. The van der Waals surface area contributed by atoms with Gasteiger partial charge in [0.05, 0.1) is 0 Å². The van der Waals surface area contributed by atoms with Crippen LogP contribution in [0.5, 0.6) is 0 Å². The van der Waals surface area contributed by atoms with Gasteiger partial charge in [-0.15, -0.1) is 0 Å². The van der Waals surface area contributed by atoms with E-state index in [1.807, 2.05) is 0 Å². The van der Waals surface area contributed by atoms with E-state index in [4.69, 9.17) is 0 Å². The molecule has 0 bridgehead atoms. The van der Waals surface area contributed by atoms with Crippen LogP contribution >= 0.6 is 0 Å². The first-order valence-corrected chi connectivity index (χ1v) is 6.03. The number of allylic oxidation sites excluding steroid dienone is 1. The summed E-state index contributed by atoms with van der Waals surface area (Å²) < 4.78 is 36.8. The van der Waals surface area contributed by atoms with Crippen molar-refractivity contribution >= 4 is 17.3 Å². The molecule has 6 heteroatoms. The van der Waals surface area contributed by atoms with Gasteiger partial charge in [0.2, 0.25) is 0 Å². The molecule has 3 nitrogen and oxygen atoms in total. The van der Waals surface area contributed by atoms with Crippen LogP contribution in [0.25, 0.3) is 0 Å². The maximum atomic E-state index is 12.3. The van der Waals surface area contributed by atoms with Gasteiger partial charge in [0.1, 0.15) is 5.82 Å². The summed E-state index contributed by atoms with van der Waals surface area (Å²) in [7, 11) is 0. The molecule has 21 heavy (non-hydrogen) atoms. The van der Waals surface area contributed by atoms with Gasteiger partial charge < -0.3 is 4.90 Å². The van der Waals surface area contributed by atoms with Crippen molar-refractivity contribution < 1.29 is 18.0 Å². The van der Waals surface area contributed by atoms with Gasteiger partial charge in [0.25, 0.3) is 5.78 Å². The number of hydrogen-bond acceptors (Lipinski definition) is 3. The summed E-state index contributed by atoms with van der Waals surface area (Å²) in [6.45, 7) is 0. The lowest BCUT2D eigenvalue weighted by atomic mass is 10.2. The second-order valence-corrected chi connectivity index (χ2v) is 4.07. The highest BCUT2D eigenvalue weighted by Gasteiger charge is 2.36. The van der Waals surface area contributed by atoms with Crippen LogP contribution in [-0.2, 0) is 4.79 Å². The van der Waals surface area contributed by atoms with Crippen molar-refractivity contribution in [1.82, 2.24) is 4.98 Å². The molecule has 0 atom stereocenters. The molecule has 108 valence electrons. The average Bonchev–Trinajstić information content (AvgIpc) is 2.48. The highest BCUT2D eigenvalue weighted by Crippen LogP contribution is 2.24. The fourth-order valence-corrected chi connectivity index (χ4v) is 1.62. The van der Waals surface area contributed by atoms with Crippen molar-refractivity contribution in [3.05, 3.63) is 67.0 Å². The molecule has 0 radical (unpaired) electrons. The smallest absolute Gasteiger partial charge is 0.302 e. The zero-order valence-corrected chi connectivity index (χ0v) is 10.8. The number of para-hydroxylation sites is 1. The minimum atomic E-state index is -4.89. The third kappa shape index (κ3) is 3.92. The molecule has 1 aromatic carbocycles. The lowest BCUT2D eigenvalue weighted by Gasteiger charge is -2.19. The van der Waals surface area contributed by atoms with Crippen molar-refractivity contribution in [2.45, 2.75) is 6.18 Å². The Morgan fingerprint density at radius 2 is 1.71 bits per heavy atom. The lowest BCUT2D eigenvalue weighted by molar-refractivity contribution is -0.165. The summed E-state index contributed by atoms with van der Waals surface area (Å²) in [4.78, 5) is 16.5. The summed E-state index contributed by atoms with van der Waals surface area (Å²) >= 11 is 0. The van der Waals surface area contributed by atoms with Crippen LogP contribution in [0.2, 0.25) is 0 Å². The van der Waals surface area contributed by atoms with E-state index in [0.717, 1.165) is 6.20 Å². The van der Waals surface area contributed by atoms with E-state index in [1.165, 1.54) is 11.1 Å². The Bertz CT molecular complexity index is 585. The van der Waals surface area contributed by atoms with Crippen LogP contribution in [-0.4, -0.2) is 16.9 Å². The Morgan fingerprint density at radius 1 is 1.05 bits per heavy atom. The molecule has 0 unspecified atom stereocenters. The molecule has 0 aliphatic carbocycles.